The van der Waals surface area contributed by atoms with Crippen LogP contribution in [-0.4, -0.2) is 88.4 Å². The van der Waals surface area contributed by atoms with Gasteiger partial charge in [0, 0.05) is 12.6 Å². The Morgan fingerprint density at radius 1 is 1.06 bits per heavy atom. The van der Waals surface area contributed by atoms with Gasteiger partial charge in [-0.15, -0.1) is 0 Å². The zero-order chi connectivity index (χ0) is 28.2. The van der Waals surface area contributed by atoms with Crippen LogP contribution in [0.2, 0.25) is 0 Å². The molecule has 0 amide bonds. The number of hydrogen-bond donors (Lipinski definition) is 13. The van der Waals surface area contributed by atoms with E-state index in [1.54, 1.807) is 0 Å². The number of aromatic nitrogens is 2. The summed E-state index contributed by atoms with van der Waals surface area (Å²) in [7, 11) is -13.9. The van der Waals surface area contributed by atoms with Gasteiger partial charge in [-0.05, 0) is 0 Å². The fourth-order valence-corrected chi connectivity index (χ4v) is 2.05. The monoisotopic (exact) mass is 591 g/mol. The van der Waals surface area contributed by atoms with E-state index in [0.717, 1.165) is 0 Å². The third-order valence-electron chi connectivity index (χ3n) is 2.98. The van der Waals surface area contributed by atoms with Crippen molar-refractivity contribution in [3.8, 4) is 11.8 Å². The summed E-state index contributed by atoms with van der Waals surface area (Å²) in [5, 5.41) is 18.7. The summed E-state index contributed by atoms with van der Waals surface area (Å²) in [6, 6.07) is 0. The maximum absolute atomic E-state index is 11.8. The van der Waals surface area contributed by atoms with Gasteiger partial charge >= 0.3 is 29.2 Å². The number of rotatable bonds is 2. The Balaban J connectivity index is 0. The Morgan fingerprint density at radius 3 is 1.83 bits per heavy atom. The third kappa shape index (κ3) is 23.0. The largest absolute Gasteiger partial charge is 0.466 e. The highest BCUT2D eigenvalue weighted by Gasteiger charge is 2.35. The van der Waals surface area contributed by atoms with E-state index in [1.807, 2.05) is 0 Å². The Hall–Kier alpha value is -1.20. The molecule has 2 rings (SSSR count). The zero-order valence-corrected chi connectivity index (χ0v) is 20.7. The van der Waals surface area contributed by atoms with Crippen LogP contribution in [0.25, 0.3) is 0 Å². The molecule has 35 heavy (non-hydrogen) atoms. The molecule has 0 spiro atoms. The lowest BCUT2D eigenvalue weighted by Crippen LogP contribution is -2.28. The van der Waals surface area contributed by atoms with Gasteiger partial charge in [0.05, 0.1) is 24.0 Å². The van der Waals surface area contributed by atoms with E-state index in [0.29, 0.717) is 11.3 Å². The maximum Gasteiger partial charge on any atom is 0.466 e. The van der Waals surface area contributed by atoms with Gasteiger partial charge < -0.3 is 64.7 Å². The van der Waals surface area contributed by atoms with Crippen molar-refractivity contribution in [1.29, 1.82) is 0 Å². The molecule has 0 aliphatic carbocycles. The second-order valence-electron chi connectivity index (χ2n) is 5.84. The number of hydrogen-bond acceptors (Lipinski definition) is 10. The number of ether oxygens (including phenoxy) is 1. The van der Waals surface area contributed by atoms with E-state index >= 15 is 0 Å². The minimum Gasteiger partial charge on any atom is -0.394 e. The molecule has 1 aromatic rings. The van der Waals surface area contributed by atoms with E-state index in [-0.39, 0.29) is 18.8 Å². The van der Waals surface area contributed by atoms with Crippen molar-refractivity contribution in [3.63, 3.8) is 0 Å². The average Bonchev–Trinajstić information content (AvgIpc) is 2.97. The minimum absolute atomic E-state index is 0.0396. The van der Waals surface area contributed by atoms with Crippen LogP contribution in [0.5, 0.6) is 0 Å². The summed E-state index contributed by atoms with van der Waals surface area (Å²) in [5.41, 5.74) is 5.43. The second-order valence-corrected chi connectivity index (χ2v) is 9.24. The van der Waals surface area contributed by atoms with E-state index in [4.69, 9.17) is 73.3 Å². The highest BCUT2D eigenvalue weighted by atomic mass is 32.1. The summed E-state index contributed by atoms with van der Waals surface area (Å²) >= 11 is 3.97. The molecule has 1 aromatic heterocycles. The van der Waals surface area contributed by atoms with Crippen molar-refractivity contribution >= 4 is 41.9 Å². The van der Waals surface area contributed by atoms with Gasteiger partial charge in [0.25, 0.3) is 0 Å². The molecule has 19 nitrogen and oxygen atoms in total. The summed E-state index contributed by atoms with van der Waals surface area (Å²) in [5.74, 6) is 5.86. The topological polar surface area (TPSA) is 344 Å². The molecule has 23 heteroatoms. The smallest absolute Gasteiger partial charge is 0.394 e. The normalized spacial score (nSPS) is 19.5. The number of thiol groups is 1. The first-order chi connectivity index (χ1) is 15.6. The molecule has 3 atom stereocenters. The van der Waals surface area contributed by atoms with Gasteiger partial charge in [-0.25, -0.2) is 18.5 Å². The fourth-order valence-electron chi connectivity index (χ4n) is 1.97. The first-order valence-corrected chi connectivity index (χ1v) is 13.7. The Bertz CT molecular complexity index is 983. The quantitative estimate of drug-likeness (QED) is 0.0884. The summed E-state index contributed by atoms with van der Waals surface area (Å²) in [6.07, 6.45) is -0.605. The highest BCUT2D eigenvalue weighted by Crippen LogP contribution is 2.28. The molecule has 1 saturated heterocycles. The molecular formula is C12H24N3O16P3S. The van der Waals surface area contributed by atoms with Gasteiger partial charge in [-0.1, -0.05) is 11.8 Å². The van der Waals surface area contributed by atoms with E-state index in [2.05, 4.69) is 29.5 Å². The first kappa shape index (κ1) is 36.0. The van der Waals surface area contributed by atoms with Gasteiger partial charge in [-0.2, -0.15) is 17.6 Å². The number of nitrogens with zero attached hydrogens (tertiary/aromatic N) is 2. The number of aliphatic hydroxyl groups excluding tert-OH is 2. The van der Waals surface area contributed by atoms with E-state index in [9.17, 15) is 9.90 Å². The molecule has 1 aliphatic rings. The lowest BCUT2D eigenvalue weighted by molar-refractivity contribution is -0.0458. The zero-order valence-electron chi connectivity index (χ0n) is 17.2. The molecule has 13 N–H and O–H groups in total. The lowest BCUT2D eigenvalue weighted by Gasteiger charge is -2.14. The number of phosphoric acid groups is 3. The Labute approximate surface area is 201 Å². The first-order valence-electron chi connectivity index (χ1n) is 8.34. The summed E-state index contributed by atoms with van der Waals surface area (Å²) < 4.78 is 33.3. The standard InChI is InChI=1S/C12H15N3O4S.3H3O4P/c13-11-7(2-1-3-20)5-15(12(18)14-11)10-4-8(17)9(6-16)19-10;3*1-5(2,3)4/h5,8-10,16-17,20H,3-4,6H2,(H2,13,14,18);3*(H3,1,2,3,4)/t8-,9+,10+;;;/m0.../s1. The molecule has 0 radical (unpaired) electrons. The molecule has 0 unspecified atom stereocenters. The molecular weight excluding hydrogens is 567 g/mol. The van der Waals surface area contributed by atoms with Gasteiger partial charge in [0.1, 0.15) is 18.1 Å². The van der Waals surface area contributed by atoms with Crippen molar-refractivity contribution in [2.24, 2.45) is 0 Å². The Kier molecular flexibility index (Phi) is 16.2. The third-order valence-corrected chi connectivity index (χ3v) is 3.14. The van der Waals surface area contributed by atoms with Gasteiger partial charge in [0.2, 0.25) is 0 Å². The molecule has 1 aliphatic heterocycles. The van der Waals surface area contributed by atoms with Crippen molar-refractivity contribution in [2.75, 3.05) is 18.1 Å². The molecule has 0 saturated carbocycles. The van der Waals surface area contributed by atoms with Crippen molar-refractivity contribution in [3.05, 3.63) is 22.2 Å². The number of nitrogens with two attached hydrogens (primary N) is 1. The van der Waals surface area contributed by atoms with Crippen LogP contribution in [0.15, 0.2) is 11.0 Å². The Morgan fingerprint density at radius 2 is 1.49 bits per heavy atom. The second kappa shape index (κ2) is 15.8. The molecule has 0 bridgehead atoms. The van der Waals surface area contributed by atoms with Crippen LogP contribution in [-0.2, 0) is 18.4 Å². The van der Waals surface area contributed by atoms with Crippen molar-refractivity contribution < 1.29 is 72.7 Å². The number of anilines is 1. The number of nitrogen functional groups attached to an aromatic ring is 1. The van der Waals surface area contributed by atoms with E-state index in [1.165, 1.54) is 10.8 Å². The van der Waals surface area contributed by atoms with Gasteiger partial charge in [-0.3, -0.25) is 4.57 Å². The summed E-state index contributed by atoms with van der Waals surface area (Å²) in [6.45, 7) is -0.318. The number of aliphatic hydroxyl groups is 2. The van der Waals surface area contributed by atoms with Crippen LogP contribution >= 0.6 is 36.1 Å². The molecule has 1 fully saturated rings. The SMILES string of the molecule is Nc1nc(=O)n([C@H]2C[C@H](O)[C@@H](CO)O2)cc1C#CCS.O=P(O)(O)O.O=P(O)(O)O.O=P(O)(O)O. The predicted octanol–water partition coefficient (Wildman–Crippen LogP) is -4.04. The predicted molar refractivity (Wildman–Crippen MR) is 118 cm³/mol. The van der Waals surface area contributed by atoms with Crippen molar-refractivity contribution in [2.45, 2.75) is 24.9 Å². The lowest BCUT2D eigenvalue weighted by atomic mass is 10.2. The van der Waals surface area contributed by atoms with Crippen LogP contribution in [0, 0.1) is 11.8 Å². The van der Waals surface area contributed by atoms with Crippen molar-refractivity contribution in [1.82, 2.24) is 9.55 Å². The van der Waals surface area contributed by atoms with Crippen LogP contribution < -0.4 is 11.4 Å². The summed E-state index contributed by atoms with van der Waals surface area (Å²) in [4.78, 5) is 80.2. The van der Waals surface area contributed by atoms with Crippen LogP contribution in [0.4, 0.5) is 5.82 Å². The molecule has 0 aromatic carbocycles. The molecule has 204 valence electrons. The van der Waals surface area contributed by atoms with Crippen LogP contribution in [0.3, 0.4) is 0 Å². The van der Waals surface area contributed by atoms with Crippen LogP contribution in [0.1, 0.15) is 18.2 Å². The van der Waals surface area contributed by atoms with Gasteiger partial charge in [0.15, 0.2) is 0 Å². The highest BCUT2D eigenvalue weighted by molar-refractivity contribution is 7.80. The molecule has 2 heterocycles. The average molecular weight is 591 g/mol. The minimum atomic E-state index is -4.64. The fraction of sp³-hybridized carbons (Fsp3) is 0.500. The maximum atomic E-state index is 11.8. The van der Waals surface area contributed by atoms with E-state index < -0.39 is 47.6 Å².